The Morgan fingerprint density at radius 3 is 2.41 bits per heavy atom. The van der Waals surface area contributed by atoms with Gasteiger partial charge in [0.25, 0.3) is 11.6 Å². The van der Waals surface area contributed by atoms with Crippen molar-refractivity contribution in [2.75, 3.05) is 31.1 Å². The van der Waals surface area contributed by atoms with E-state index in [4.69, 9.17) is 0 Å². The molecule has 2 aliphatic heterocycles. The highest BCUT2D eigenvalue weighted by molar-refractivity contribution is 5.96. The van der Waals surface area contributed by atoms with Crippen LogP contribution in [-0.4, -0.2) is 48.0 Å². The van der Waals surface area contributed by atoms with Gasteiger partial charge in [-0.25, -0.2) is 0 Å². The first-order valence-corrected chi connectivity index (χ1v) is 11.4. The highest BCUT2D eigenvalue weighted by Gasteiger charge is 2.31. The molecular formula is C24H27F3N4O3. The lowest BCUT2D eigenvalue weighted by Crippen LogP contribution is -2.44. The molecule has 0 radical (unpaired) electrons. The lowest BCUT2D eigenvalue weighted by molar-refractivity contribution is -0.384. The molecule has 1 N–H and O–H groups in total. The Morgan fingerprint density at radius 2 is 1.76 bits per heavy atom. The van der Waals surface area contributed by atoms with Crippen LogP contribution in [0.1, 0.15) is 47.2 Å². The van der Waals surface area contributed by atoms with E-state index >= 15 is 0 Å². The highest BCUT2D eigenvalue weighted by atomic mass is 19.4. The first-order valence-electron chi connectivity index (χ1n) is 11.4. The van der Waals surface area contributed by atoms with Gasteiger partial charge in [-0.1, -0.05) is 18.2 Å². The largest absolute Gasteiger partial charge is 0.416 e. The number of nitro groups is 1. The molecule has 0 bridgehead atoms. The number of carbonyl (C=O) groups excluding carboxylic acids is 1. The van der Waals surface area contributed by atoms with Crippen molar-refractivity contribution in [3.05, 3.63) is 69.3 Å². The molecular weight excluding hydrogens is 449 g/mol. The minimum atomic E-state index is -4.37. The van der Waals surface area contributed by atoms with E-state index in [1.54, 1.807) is 18.2 Å². The van der Waals surface area contributed by atoms with Crippen LogP contribution in [0.4, 0.5) is 24.5 Å². The number of amides is 1. The second-order valence-corrected chi connectivity index (χ2v) is 8.88. The van der Waals surface area contributed by atoms with Gasteiger partial charge in [0.15, 0.2) is 0 Å². The van der Waals surface area contributed by atoms with E-state index in [2.05, 4.69) is 10.2 Å². The molecule has 0 spiro atoms. The van der Waals surface area contributed by atoms with E-state index in [0.717, 1.165) is 32.0 Å². The van der Waals surface area contributed by atoms with E-state index in [0.29, 0.717) is 43.7 Å². The number of halogens is 3. The molecule has 0 atom stereocenters. The topological polar surface area (TPSA) is 78.7 Å². The summed E-state index contributed by atoms with van der Waals surface area (Å²) in [5, 5.41) is 14.5. The maximum absolute atomic E-state index is 12.9. The number of benzene rings is 2. The summed E-state index contributed by atoms with van der Waals surface area (Å²) in [7, 11) is 0. The van der Waals surface area contributed by atoms with Crippen molar-refractivity contribution in [2.45, 2.75) is 44.4 Å². The summed E-state index contributed by atoms with van der Waals surface area (Å²) in [6, 6.07) is 9.85. The van der Waals surface area contributed by atoms with Gasteiger partial charge in [-0.05, 0) is 49.4 Å². The molecule has 2 aromatic rings. The van der Waals surface area contributed by atoms with Gasteiger partial charge in [-0.3, -0.25) is 19.8 Å². The van der Waals surface area contributed by atoms with E-state index in [9.17, 15) is 28.1 Å². The number of hydrogen-bond acceptors (Lipinski definition) is 5. The number of likely N-dealkylation sites (tertiary alicyclic amines) is 1. The summed E-state index contributed by atoms with van der Waals surface area (Å²) in [4.78, 5) is 27.9. The van der Waals surface area contributed by atoms with Gasteiger partial charge >= 0.3 is 6.18 Å². The van der Waals surface area contributed by atoms with Crippen molar-refractivity contribution < 1.29 is 22.9 Å². The molecule has 1 amide bonds. The van der Waals surface area contributed by atoms with Crippen LogP contribution in [0.5, 0.6) is 0 Å². The van der Waals surface area contributed by atoms with Crippen LogP contribution >= 0.6 is 0 Å². The summed E-state index contributed by atoms with van der Waals surface area (Å²) >= 11 is 0. The van der Waals surface area contributed by atoms with Gasteiger partial charge in [0.05, 0.1) is 10.5 Å². The highest BCUT2D eigenvalue weighted by Crippen LogP contribution is 2.32. The van der Waals surface area contributed by atoms with Crippen LogP contribution in [0.15, 0.2) is 42.5 Å². The zero-order chi connectivity index (χ0) is 24.3. The number of carbonyl (C=O) groups is 1. The minimum Gasteiger partial charge on any atom is -0.366 e. The van der Waals surface area contributed by atoms with E-state index in [-0.39, 0.29) is 23.2 Å². The van der Waals surface area contributed by atoms with Crippen LogP contribution in [0.3, 0.4) is 0 Å². The minimum absolute atomic E-state index is 0.0644. The third-order valence-electron chi connectivity index (χ3n) is 6.46. The average molecular weight is 476 g/mol. The molecule has 34 heavy (non-hydrogen) atoms. The first kappa shape index (κ1) is 24.0. The molecule has 0 saturated carbocycles. The van der Waals surface area contributed by atoms with Crippen LogP contribution < -0.4 is 10.2 Å². The number of rotatable bonds is 6. The molecule has 0 unspecified atom stereocenters. The van der Waals surface area contributed by atoms with Crippen molar-refractivity contribution in [1.82, 2.24) is 10.2 Å². The number of anilines is 1. The van der Waals surface area contributed by atoms with E-state index in [1.165, 1.54) is 18.2 Å². The molecule has 182 valence electrons. The van der Waals surface area contributed by atoms with E-state index < -0.39 is 16.7 Å². The van der Waals surface area contributed by atoms with Gasteiger partial charge in [0, 0.05) is 50.4 Å². The van der Waals surface area contributed by atoms with Gasteiger partial charge in [0.1, 0.15) is 5.69 Å². The molecule has 2 fully saturated rings. The number of piperidine rings is 1. The lowest BCUT2D eigenvalue weighted by atomic mass is 10.0. The quantitative estimate of drug-likeness (QED) is 0.487. The molecule has 2 heterocycles. The Morgan fingerprint density at radius 1 is 1.06 bits per heavy atom. The third-order valence-corrected chi connectivity index (χ3v) is 6.46. The van der Waals surface area contributed by atoms with Crippen molar-refractivity contribution in [2.24, 2.45) is 0 Å². The number of nitrogens with zero attached hydrogens (tertiary/aromatic N) is 3. The molecule has 7 nitrogen and oxygen atoms in total. The normalized spacial score (nSPS) is 17.7. The first-order chi connectivity index (χ1) is 16.2. The van der Waals surface area contributed by atoms with Crippen LogP contribution in [0, 0.1) is 10.1 Å². The zero-order valence-electron chi connectivity index (χ0n) is 18.7. The summed E-state index contributed by atoms with van der Waals surface area (Å²) in [6.07, 6.45) is -1.08. The third kappa shape index (κ3) is 5.67. The molecule has 0 aromatic heterocycles. The van der Waals surface area contributed by atoms with Crippen LogP contribution in [0.25, 0.3) is 0 Å². The SMILES string of the molecule is O=C(NC1CCN(Cc2cccc(C(F)(F)F)c2)CC1)c1ccc(N2CCCC2)c([N+](=O)[O-])c1. The second kappa shape index (κ2) is 10.0. The number of nitro benzene ring substituents is 1. The molecule has 0 aliphatic carbocycles. The fourth-order valence-electron chi connectivity index (χ4n) is 4.64. The number of alkyl halides is 3. The summed E-state index contributed by atoms with van der Waals surface area (Å²) < 4.78 is 38.8. The Labute approximate surface area is 195 Å². The van der Waals surface area contributed by atoms with E-state index in [1.807, 2.05) is 4.90 Å². The fourth-order valence-corrected chi connectivity index (χ4v) is 4.64. The van der Waals surface area contributed by atoms with Gasteiger partial charge in [-0.2, -0.15) is 13.2 Å². The summed E-state index contributed by atoms with van der Waals surface area (Å²) in [6.45, 7) is 3.22. The summed E-state index contributed by atoms with van der Waals surface area (Å²) in [5.41, 5.74) is 0.674. The maximum atomic E-state index is 12.9. The van der Waals surface area contributed by atoms with Gasteiger partial charge < -0.3 is 10.2 Å². The van der Waals surface area contributed by atoms with Gasteiger partial charge in [0.2, 0.25) is 0 Å². The molecule has 2 saturated heterocycles. The standard InChI is InChI=1S/C24H27F3N4O3/c25-24(26,27)19-5-3-4-17(14-19)16-29-12-8-20(9-13-29)28-23(32)18-6-7-21(22(15-18)31(33)34)30-10-1-2-11-30/h3-7,14-15,20H,1-2,8-13,16H2,(H,28,32). The smallest absolute Gasteiger partial charge is 0.366 e. The Hall–Kier alpha value is -3.14. The van der Waals surface area contributed by atoms with Crippen LogP contribution in [0.2, 0.25) is 0 Å². The molecule has 10 heteroatoms. The fraction of sp³-hybridized carbons (Fsp3) is 0.458. The maximum Gasteiger partial charge on any atom is 0.416 e. The van der Waals surface area contributed by atoms with Crippen molar-refractivity contribution >= 4 is 17.3 Å². The predicted molar refractivity (Wildman–Crippen MR) is 122 cm³/mol. The molecule has 2 aromatic carbocycles. The Balaban J connectivity index is 1.33. The zero-order valence-corrected chi connectivity index (χ0v) is 18.7. The molecule has 2 aliphatic rings. The predicted octanol–water partition coefficient (Wildman–Crippen LogP) is 4.61. The van der Waals surface area contributed by atoms with Gasteiger partial charge in [-0.15, -0.1) is 0 Å². The Bertz CT molecular complexity index is 1050. The van der Waals surface area contributed by atoms with Crippen LogP contribution in [-0.2, 0) is 12.7 Å². The van der Waals surface area contributed by atoms with Crippen molar-refractivity contribution in [3.63, 3.8) is 0 Å². The second-order valence-electron chi connectivity index (χ2n) is 8.88. The summed E-state index contributed by atoms with van der Waals surface area (Å²) in [5.74, 6) is -0.354. The lowest BCUT2D eigenvalue weighted by Gasteiger charge is -2.32. The Kier molecular flexibility index (Phi) is 7.06. The van der Waals surface area contributed by atoms with Crippen molar-refractivity contribution in [1.29, 1.82) is 0 Å². The molecule has 4 rings (SSSR count). The number of hydrogen-bond donors (Lipinski definition) is 1. The monoisotopic (exact) mass is 476 g/mol. The van der Waals surface area contributed by atoms with Crippen molar-refractivity contribution in [3.8, 4) is 0 Å². The number of nitrogens with one attached hydrogen (secondary N) is 1. The average Bonchev–Trinajstić information content (AvgIpc) is 3.34.